The third-order valence-electron chi connectivity index (χ3n) is 2.76. The fourth-order valence-electron chi connectivity index (χ4n) is 1.66. The number of hydrogen-bond acceptors (Lipinski definition) is 3. The average molecular weight is 304 g/mol. The molecule has 1 aromatic rings. The van der Waals surface area contributed by atoms with E-state index in [9.17, 15) is 4.79 Å². The summed E-state index contributed by atoms with van der Waals surface area (Å²) in [6.07, 6.45) is 0. The summed E-state index contributed by atoms with van der Waals surface area (Å²) in [5, 5.41) is 1.22. The number of nitrogens with zero attached hydrogens (tertiary/aromatic N) is 1. The second kappa shape index (κ2) is 7.73. The summed E-state index contributed by atoms with van der Waals surface area (Å²) in [6.45, 7) is 7.10. The van der Waals surface area contributed by atoms with Crippen LogP contribution in [0.4, 0.5) is 0 Å². The van der Waals surface area contributed by atoms with E-state index in [1.54, 1.807) is 19.1 Å². The Morgan fingerprint density at radius 2 is 2.05 bits per heavy atom. The van der Waals surface area contributed by atoms with Crippen molar-refractivity contribution in [3.05, 3.63) is 33.8 Å². The van der Waals surface area contributed by atoms with Crippen molar-refractivity contribution in [2.75, 3.05) is 13.2 Å². The fraction of sp³-hybridized carbons (Fsp3) is 0.500. The van der Waals surface area contributed by atoms with Crippen LogP contribution in [0.1, 0.15) is 26.3 Å². The van der Waals surface area contributed by atoms with Gasteiger partial charge in [0.15, 0.2) is 0 Å². The molecule has 1 rings (SSSR count). The van der Waals surface area contributed by atoms with Crippen molar-refractivity contribution in [2.45, 2.75) is 33.4 Å². The van der Waals surface area contributed by atoms with Crippen molar-refractivity contribution in [3.8, 4) is 0 Å². The summed E-state index contributed by atoms with van der Waals surface area (Å²) >= 11 is 12.0. The summed E-state index contributed by atoms with van der Waals surface area (Å²) in [5.74, 6) is -0.221. The molecule has 0 saturated carbocycles. The Morgan fingerprint density at radius 1 is 1.37 bits per heavy atom. The Balaban J connectivity index is 2.75. The Hall–Kier alpha value is -0.770. The van der Waals surface area contributed by atoms with Gasteiger partial charge in [0.25, 0.3) is 0 Å². The molecule has 0 fully saturated rings. The van der Waals surface area contributed by atoms with Gasteiger partial charge in [0.05, 0.1) is 13.2 Å². The van der Waals surface area contributed by atoms with E-state index < -0.39 is 0 Å². The van der Waals surface area contributed by atoms with E-state index in [4.69, 9.17) is 27.9 Å². The molecule has 0 amide bonds. The molecule has 5 heteroatoms. The predicted molar refractivity (Wildman–Crippen MR) is 78.6 cm³/mol. The number of halogens is 2. The van der Waals surface area contributed by atoms with Crippen molar-refractivity contribution in [1.29, 1.82) is 0 Å². The minimum Gasteiger partial charge on any atom is -0.465 e. The zero-order valence-electron chi connectivity index (χ0n) is 11.5. The lowest BCUT2D eigenvalue weighted by Gasteiger charge is -2.25. The van der Waals surface area contributed by atoms with Gasteiger partial charge < -0.3 is 4.74 Å². The first-order valence-corrected chi connectivity index (χ1v) is 7.03. The molecule has 0 bridgehead atoms. The number of benzene rings is 1. The van der Waals surface area contributed by atoms with Crippen LogP contribution in [-0.4, -0.2) is 30.1 Å². The SMILES string of the molecule is CCOC(=O)CN(Cc1ccc(Cl)cc1Cl)C(C)C. The zero-order chi connectivity index (χ0) is 14.4. The van der Waals surface area contributed by atoms with E-state index in [-0.39, 0.29) is 18.6 Å². The molecule has 0 N–H and O–H groups in total. The number of hydrogen-bond donors (Lipinski definition) is 0. The Morgan fingerprint density at radius 3 is 2.58 bits per heavy atom. The highest BCUT2D eigenvalue weighted by atomic mass is 35.5. The van der Waals surface area contributed by atoms with Crippen LogP contribution in [0.3, 0.4) is 0 Å². The molecule has 19 heavy (non-hydrogen) atoms. The normalized spacial score (nSPS) is 11.1. The van der Waals surface area contributed by atoms with Crippen LogP contribution >= 0.6 is 23.2 Å². The number of ether oxygens (including phenoxy) is 1. The standard InChI is InChI=1S/C14H19Cl2NO2/c1-4-19-14(18)9-17(10(2)3)8-11-5-6-12(15)7-13(11)16/h5-7,10H,4,8-9H2,1-3H3. The summed E-state index contributed by atoms with van der Waals surface area (Å²) in [4.78, 5) is 13.6. The van der Waals surface area contributed by atoms with E-state index >= 15 is 0 Å². The van der Waals surface area contributed by atoms with Crippen LogP contribution in [-0.2, 0) is 16.1 Å². The molecule has 0 saturated heterocycles. The lowest BCUT2D eigenvalue weighted by molar-refractivity contribution is -0.145. The van der Waals surface area contributed by atoms with Gasteiger partial charge in [-0.05, 0) is 38.5 Å². The predicted octanol–water partition coefficient (Wildman–Crippen LogP) is 3.77. The second-order valence-electron chi connectivity index (χ2n) is 4.54. The van der Waals surface area contributed by atoms with Crippen molar-refractivity contribution in [2.24, 2.45) is 0 Å². The van der Waals surface area contributed by atoms with Crippen LogP contribution in [0, 0.1) is 0 Å². The average Bonchev–Trinajstić information content (AvgIpc) is 2.31. The molecule has 0 atom stereocenters. The van der Waals surface area contributed by atoms with Gasteiger partial charge in [0, 0.05) is 22.6 Å². The number of carbonyl (C=O) groups is 1. The molecule has 0 aromatic heterocycles. The topological polar surface area (TPSA) is 29.5 Å². The number of rotatable bonds is 6. The molecular formula is C14H19Cl2NO2. The maximum Gasteiger partial charge on any atom is 0.320 e. The van der Waals surface area contributed by atoms with E-state index in [0.29, 0.717) is 23.2 Å². The molecule has 0 aliphatic carbocycles. The van der Waals surface area contributed by atoms with Crippen LogP contribution in [0.25, 0.3) is 0 Å². The zero-order valence-corrected chi connectivity index (χ0v) is 13.0. The largest absolute Gasteiger partial charge is 0.465 e. The quantitative estimate of drug-likeness (QED) is 0.749. The van der Waals surface area contributed by atoms with E-state index in [1.165, 1.54) is 0 Å². The van der Waals surface area contributed by atoms with Gasteiger partial charge in [-0.2, -0.15) is 0 Å². The lowest BCUT2D eigenvalue weighted by atomic mass is 10.2. The van der Waals surface area contributed by atoms with E-state index in [2.05, 4.69) is 0 Å². The van der Waals surface area contributed by atoms with Gasteiger partial charge in [-0.15, -0.1) is 0 Å². The highest BCUT2D eigenvalue weighted by molar-refractivity contribution is 6.35. The molecule has 0 spiro atoms. The monoisotopic (exact) mass is 303 g/mol. The number of carbonyl (C=O) groups excluding carboxylic acids is 1. The minimum atomic E-state index is -0.221. The van der Waals surface area contributed by atoms with Gasteiger partial charge in [-0.3, -0.25) is 9.69 Å². The van der Waals surface area contributed by atoms with Crippen molar-refractivity contribution in [1.82, 2.24) is 4.90 Å². The first-order chi connectivity index (χ1) is 8.93. The Labute approximate surface area is 124 Å². The molecule has 0 radical (unpaired) electrons. The molecular weight excluding hydrogens is 285 g/mol. The molecule has 1 aromatic carbocycles. The maximum atomic E-state index is 11.6. The van der Waals surface area contributed by atoms with Crippen LogP contribution < -0.4 is 0 Å². The molecule has 0 aliphatic heterocycles. The summed E-state index contributed by atoms with van der Waals surface area (Å²) in [5.41, 5.74) is 0.948. The third kappa shape index (κ3) is 5.39. The first-order valence-electron chi connectivity index (χ1n) is 6.27. The molecule has 0 unspecified atom stereocenters. The van der Waals surface area contributed by atoms with Crippen molar-refractivity contribution >= 4 is 29.2 Å². The lowest BCUT2D eigenvalue weighted by Crippen LogP contribution is -2.36. The summed E-state index contributed by atoms with van der Waals surface area (Å²) in [7, 11) is 0. The highest BCUT2D eigenvalue weighted by Crippen LogP contribution is 2.22. The van der Waals surface area contributed by atoms with Crippen molar-refractivity contribution < 1.29 is 9.53 Å². The number of esters is 1. The van der Waals surface area contributed by atoms with Gasteiger partial charge in [-0.25, -0.2) is 0 Å². The van der Waals surface area contributed by atoms with Crippen LogP contribution in [0.15, 0.2) is 18.2 Å². The van der Waals surface area contributed by atoms with Gasteiger partial charge in [0.1, 0.15) is 0 Å². The van der Waals surface area contributed by atoms with Crippen molar-refractivity contribution in [3.63, 3.8) is 0 Å². The van der Waals surface area contributed by atoms with Crippen LogP contribution in [0.2, 0.25) is 10.0 Å². The fourth-order valence-corrected chi connectivity index (χ4v) is 2.13. The summed E-state index contributed by atoms with van der Waals surface area (Å²) in [6, 6.07) is 5.61. The van der Waals surface area contributed by atoms with Crippen LogP contribution in [0.5, 0.6) is 0 Å². The van der Waals surface area contributed by atoms with Gasteiger partial charge >= 0.3 is 5.97 Å². The maximum absolute atomic E-state index is 11.6. The smallest absolute Gasteiger partial charge is 0.320 e. The minimum absolute atomic E-state index is 0.219. The highest BCUT2D eigenvalue weighted by Gasteiger charge is 2.16. The molecule has 0 aliphatic rings. The Bertz CT molecular complexity index is 435. The third-order valence-corrected chi connectivity index (χ3v) is 3.34. The van der Waals surface area contributed by atoms with E-state index in [1.807, 2.05) is 24.8 Å². The molecule has 3 nitrogen and oxygen atoms in total. The summed E-state index contributed by atoms with van der Waals surface area (Å²) < 4.78 is 4.97. The molecule has 106 valence electrons. The van der Waals surface area contributed by atoms with Gasteiger partial charge in [0.2, 0.25) is 0 Å². The first kappa shape index (κ1) is 16.3. The second-order valence-corrected chi connectivity index (χ2v) is 5.38. The van der Waals surface area contributed by atoms with Gasteiger partial charge in [-0.1, -0.05) is 29.3 Å². The van der Waals surface area contributed by atoms with E-state index in [0.717, 1.165) is 5.56 Å². The Kier molecular flexibility index (Phi) is 6.63. The molecule has 0 heterocycles.